The fourth-order valence-corrected chi connectivity index (χ4v) is 1.71. The van der Waals surface area contributed by atoms with Gasteiger partial charge in [0.05, 0.1) is 10.6 Å². The van der Waals surface area contributed by atoms with Crippen molar-refractivity contribution < 1.29 is 9.13 Å². The van der Waals surface area contributed by atoms with Crippen LogP contribution in [0.25, 0.3) is 0 Å². The monoisotopic (exact) mass is 302 g/mol. The molecule has 17 heavy (non-hydrogen) atoms. The lowest BCUT2D eigenvalue weighted by atomic mass is 10.1. The zero-order valence-electron chi connectivity index (χ0n) is 10.1. The van der Waals surface area contributed by atoms with Crippen molar-refractivity contribution >= 4 is 21.8 Å². The summed E-state index contributed by atoms with van der Waals surface area (Å²) >= 11 is 3.08. The van der Waals surface area contributed by atoms with Crippen molar-refractivity contribution in [3.8, 4) is 5.75 Å². The molecule has 0 aliphatic carbocycles. The molecule has 1 unspecified atom stereocenters. The fraction of sp³-hybridized carbons (Fsp3) is 0.417. The molecule has 1 aromatic rings. The van der Waals surface area contributed by atoms with Crippen molar-refractivity contribution in [2.45, 2.75) is 26.9 Å². The van der Waals surface area contributed by atoms with Gasteiger partial charge in [-0.15, -0.1) is 0 Å². The van der Waals surface area contributed by atoms with Crippen molar-refractivity contribution in [3.05, 3.63) is 28.0 Å². The average Bonchev–Trinajstić information content (AvgIpc) is 2.24. The molecule has 0 radical (unpaired) electrons. The normalized spacial score (nSPS) is 12.6. The van der Waals surface area contributed by atoms with E-state index < -0.39 is 5.82 Å². The van der Waals surface area contributed by atoms with Crippen LogP contribution in [-0.2, 0) is 0 Å². The third-order valence-electron chi connectivity index (χ3n) is 2.59. The van der Waals surface area contributed by atoms with Crippen LogP contribution in [0.4, 0.5) is 4.39 Å². The van der Waals surface area contributed by atoms with E-state index in [-0.39, 0.29) is 22.2 Å². The molecule has 3 N–H and O–H groups in total. The van der Waals surface area contributed by atoms with Crippen LogP contribution in [0, 0.1) is 17.1 Å². The summed E-state index contributed by atoms with van der Waals surface area (Å²) in [5.74, 6) is -0.242. The number of hydrogen-bond donors (Lipinski definition) is 2. The number of benzene rings is 1. The van der Waals surface area contributed by atoms with Gasteiger partial charge in [0, 0.05) is 5.56 Å². The van der Waals surface area contributed by atoms with Crippen LogP contribution in [0.15, 0.2) is 16.6 Å². The molecule has 3 nitrogen and oxygen atoms in total. The number of nitrogens with one attached hydrogen (secondary N) is 1. The van der Waals surface area contributed by atoms with Crippen molar-refractivity contribution in [2.24, 2.45) is 11.7 Å². The molecule has 94 valence electrons. The topological polar surface area (TPSA) is 59.1 Å². The Balaban J connectivity index is 3.05. The summed E-state index contributed by atoms with van der Waals surface area (Å²) in [5, 5.41) is 7.29. The van der Waals surface area contributed by atoms with Crippen LogP contribution in [0.5, 0.6) is 5.75 Å². The van der Waals surface area contributed by atoms with Crippen LogP contribution >= 0.6 is 15.9 Å². The summed E-state index contributed by atoms with van der Waals surface area (Å²) in [4.78, 5) is 0. The number of ether oxygens (including phenoxy) is 1. The molecule has 0 saturated heterocycles. The van der Waals surface area contributed by atoms with Crippen molar-refractivity contribution in [2.75, 3.05) is 0 Å². The molecular formula is C12H16BrFN2O. The first-order valence-electron chi connectivity index (χ1n) is 5.33. The van der Waals surface area contributed by atoms with Gasteiger partial charge >= 0.3 is 0 Å². The Hall–Kier alpha value is -1.10. The van der Waals surface area contributed by atoms with Gasteiger partial charge < -0.3 is 10.5 Å². The molecule has 0 saturated carbocycles. The van der Waals surface area contributed by atoms with E-state index in [1.54, 1.807) is 6.07 Å². The first kappa shape index (κ1) is 14.0. The molecular weight excluding hydrogens is 287 g/mol. The number of amidine groups is 1. The molecule has 0 heterocycles. The van der Waals surface area contributed by atoms with Gasteiger partial charge in [-0.05, 0) is 40.9 Å². The highest BCUT2D eigenvalue weighted by molar-refractivity contribution is 9.10. The Labute approximate surface area is 109 Å². The average molecular weight is 303 g/mol. The lowest BCUT2D eigenvalue weighted by molar-refractivity contribution is 0.163. The molecule has 0 aliphatic rings. The molecule has 0 aliphatic heterocycles. The number of halogens is 2. The number of nitrogen functional groups attached to an aromatic ring is 1. The predicted octanol–water partition coefficient (Wildman–Crippen LogP) is 3.30. The number of hydrogen-bond acceptors (Lipinski definition) is 2. The highest BCUT2D eigenvalue weighted by Crippen LogP contribution is 2.29. The minimum absolute atomic E-state index is 0.0837. The van der Waals surface area contributed by atoms with E-state index >= 15 is 0 Å². The number of rotatable bonds is 4. The van der Waals surface area contributed by atoms with E-state index in [0.29, 0.717) is 11.5 Å². The van der Waals surface area contributed by atoms with Crippen LogP contribution in [-0.4, -0.2) is 11.9 Å². The van der Waals surface area contributed by atoms with Crippen LogP contribution in [0.1, 0.15) is 26.3 Å². The lowest BCUT2D eigenvalue weighted by Crippen LogP contribution is -2.20. The van der Waals surface area contributed by atoms with Gasteiger partial charge in [0.2, 0.25) is 0 Å². The minimum Gasteiger partial charge on any atom is -0.487 e. The molecule has 5 heteroatoms. The summed E-state index contributed by atoms with van der Waals surface area (Å²) in [6.45, 7) is 5.89. The molecule has 0 fully saturated rings. The van der Waals surface area contributed by atoms with Crippen molar-refractivity contribution in [1.29, 1.82) is 5.41 Å². The maximum atomic E-state index is 13.9. The highest BCUT2D eigenvalue weighted by atomic mass is 79.9. The Morgan fingerprint density at radius 1 is 1.41 bits per heavy atom. The highest BCUT2D eigenvalue weighted by Gasteiger charge is 2.17. The summed E-state index contributed by atoms with van der Waals surface area (Å²) in [5.41, 5.74) is 5.65. The SMILES string of the molecule is CC(C)C(C)Oc1ccc(C(=N)N)c(Br)c1F. The Bertz CT molecular complexity index is 435. The number of nitrogens with two attached hydrogens (primary N) is 1. The molecule has 1 rings (SSSR count). The summed E-state index contributed by atoms with van der Waals surface area (Å²) < 4.78 is 19.6. The van der Waals surface area contributed by atoms with Crippen LogP contribution in [0.3, 0.4) is 0 Å². The third kappa shape index (κ3) is 3.19. The maximum Gasteiger partial charge on any atom is 0.179 e. The minimum atomic E-state index is -0.523. The van der Waals surface area contributed by atoms with Gasteiger partial charge in [-0.2, -0.15) is 0 Å². The van der Waals surface area contributed by atoms with E-state index in [1.165, 1.54) is 6.07 Å². The Morgan fingerprint density at radius 3 is 2.47 bits per heavy atom. The molecule has 0 aromatic heterocycles. The third-order valence-corrected chi connectivity index (χ3v) is 3.36. The van der Waals surface area contributed by atoms with Crippen LogP contribution in [0.2, 0.25) is 0 Å². The van der Waals surface area contributed by atoms with E-state index in [4.69, 9.17) is 15.9 Å². The molecule has 1 aromatic carbocycles. The molecule has 0 spiro atoms. The Morgan fingerprint density at radius 2 is 2.00 bits per heavy atom. The molecule has 0 amide bonds. The van der Waals surface area contributed by atoms with Crippen molar-refractivity contribution in [3.63, 3.8) is 0 Å². The second-order valence-corrected chi connectivity index (χ2v) is 5.01. The second-order valence-electron chi connectivity index (χ2n) is 4.22. The Kier molecular flexibility index (Phi) is 4.51. The van der Waals surface area contributed by atoms with Gasteiger partial charge in [0.1, 0.15) is 5.84 Å². The van der Waals surface area contributed by atoms with E-state index in [0.717, 1.165) is 0 Å². The standard InChI is InChI=1S/C12H16BrFN2O/c1-6(2)7(3)17-9-5-4-8(12(15)16)10(13)11(9)14/h4-7H,1-3H3,(H3,15,16). The first-order valence-corrected chi connectivity index (χ1v) is 6.13. The van der Waals surface area contributed by atoms with Crippen molar-refractivity contribution in [1.82, 2.24) is 0 Å². The van der Waals surface area contributed by atoms with Gasteiger partial charge in [-0.25, -0.2) is 4.39 Å². The van der Waals surface area contributed by atoms with Gasteiger partial charge in [0.15, 0.2) is 11.6 Å². The van der Waals surface area contributed by atoms with E-state index in [2.05, 4.69) is 15.9 Å². The summed E-state index contributed by atoms with van der Waals surface area (Å²) in [6, 6.07) is 3.06. The summed E-state index contributed by atoms with van der Waals surface area (Å²) in [7, 11) is 0. The quantitative estimate of drug-likeness (QED) is 0.662. The molecule has 0 bridgehead atoms. The maximum absolute atomic E-state index is 13.9. The summed E-state index contributed by atoms with van der Waals surface area (Å²) in [6.07, 6.45) is -0.0837. The van der Waals surface area contributed by atoms with Crippen LogP contribution < -0.4 is 10.5 Å². The zero-order valence-corrected chi connectivity index (χ0v) is 11.6. The first-order chi connectivity index (χ1) is 7.84. The van der Waals surface area contributed by atoms with E-state index in [9.17, 15) is 4.39 Å². The fourth-order valence-electron chi connectivity index (χ4n) is 1.17. The second kappa shape index (κ2) is 5.49. The largest absolute Gasteiger partial charge is 0.487 e. The zero-order chi connectivity index (χ0) is 13.2. The van der Waals surface area contributed by atoms with E-state index in [1.807, 2.05) is 20.8 Å². The van der Waals surface area contributed by atoms with Gasteiger partial charge in [0.25, 0.3) is 0 Å². The molecule has 1 atom stereocenters. The smallest absolute Gasteiger partial charge is 0.179 e. The lowest BCUT2D eigenvalue weighted by Gasteiger charge is -2.19. The van der Waals surface area contributed by atoms with Gasteiger partial charge in [-0.1, -0.05) is 13.8 Å². The van der Waals surface area contributed by atoms with Gasteiger partial charge in [-0.3, -0.25) is 5.41 Å². The predicted molar refractivity (Wildman–Crippen MR) is 70.0 cm³/mol.